The van der Waals surface area contributed by atoms with E-state index in [1.807, 2.05) is 61.5 Å². The summed E-state index contributed by atoms with van der Waals surface area (Å²) in [4.78, 5) is 28.2. The molecule has 2 amide bonds. The van der Waals surface area contributed by atoms with Crippen molar-refractivity contribution in [2.75, 3.05) is 18.0 Å². The standard InChI is InChI=1S/C22H28N2O2/c1-5-23(15-19-9-7-6-8-10-19)22(26)16-24(18(4)25)21-13-11-20(12-14-21)17(2)3/h6-14,17H,5,15-16H2,1-4H3. The summed E-state index contributed by atoms with van der Waals surface area (Å²) in [6.45, 7) is 8.92. The van der Waals surface area contributed by atoms with Crippen molar-refractivity contribution in [3.63, 3.8) is 0 Å². The highest BCUT2D eigenvalue weighted by molar-refractivity contribution is 5.97. The Morgan fingerprint density at radius 1 is 0.962 bits per heavy atom. The van der Waals surface area contributed by atoms with E-state index < -0.39 is 0 Å². The molecule has 0 aliphatic rings. The van der Waals surface area contributed by atoms with E-state index in [9.17, 15) is 9.59 Å². The molecule has 26 heavy (non-hydrogen) atoms. The first-order chi connectivity index (χ1) is 12.4. The van der Waals surface area contributed by atoms with Crippen molar-refractivity contribution in [3.05, 3.63) is 65.7 Å². The fourth-order valence-corrected chi connectivity index (χ4v) is 2.84. The van der Waals surface area contributed by atoms with Crippen LogP contribution in [-0.4, -0.2) is 29.8 Å². The summed E-state index contributed by atoms with van der Waals surface area (Å²) in [6, 6.07) is 17.8. The van der Waals surface area contributed by atoms with Crippen LogP contribution in [0.2, 0.25) is 0 Å². The summed E-state index contributed by atoms with van der Waals surface area (Å²) in [5.74, 6) is 0.240. The molecule has 0 atom stereocenters. The van der Waals surface area contributed by atoms with Gasteiger partial charge in [-0.05, 0) is 36.1 Å². The van der Waals surface area contributed by atoms with Gasteiger partial charge in [-0.25, -0.2) is 0 Å². The molecule has 0 saturated heterocycles. The van der Waals surface area contributed by atoms with Gasteiger partial charge in [0.15, 0.2) is 0 Å². The van der Waals surface area contributed by atoms with Crippen LogP contribution >= 0.6 is 0 Å². The minimum atomic E-state index is -0.133. The molecule has 2 rings (SSSR count). The molecule has 138 valence electrons. The smallest absolute Gasteiger partial charge is 0.242 e. The number of hydrogen-bond donors (Lipinski definition) is 0. The first kappa shape index (κ1) is 19.7. The van der Waals surface area contributed by atoms with Crippen LogP contribution in [0.3, 0.4) is 0 Å². The molecule has 0 aromatic heterocycles. The Bertz CT molecular complexity index is 724. The summed E-state index contributed by atoms with van der Waals surface area (Å²) >= 11 is 0. The second kappa shape index (κ2) is 9.18. The van der Waals surface area contributed by atoms with Crippen molar-refractivity contribution < 1.29 is 9.59 Å². The van der Waals surface area contributed by atoms with E-state index >= 15 is 0 Å². The van der Waals surface area contributed by atoms with Crippen molar-refractivity contribution in [2.24, 2.45) is 0 Å². The van der Waals surface area contributed by atoms with Crippen molar-refractivity contribution in [3.8, 4) is 0 Å². The van der Waals surface area contributed by atoms with Crippen LogP contribution in [-0.2, 0) is 16.1 Å². The molecule has 0 heterocycles. The first-order valence-electron chi connectivity index (χ1n) is 9.12. The Balaban J connectivity index is 2.12. The van der Waals surface area contributed by atoms with Gasteiger partial charge < -0.3 is 9.80 Å². The number of rotatable bonds is 7. The van der Waals surface area contributed by atoms with E-state index in [-0.39, 0.29) is 18.4 Å². The van der Waals surface area contributed by atoms with Gasteiger partial charge in [-0.1, -0.05) is 56.3 Å². The van der Waals surface area contributed by atoms with Gasteiger partial charge in [0, 0.05) is 25.7 Å². The minimum Gasteiger partial charge on any atom is -0.337 e. The average molecular weight is 352 g/mol. The lowest BCUT2D eigenvalue weighted by atomic mass is 10.0. The molecule has 0 aliphatic heterocycles. The van der Waals surface area contributed by atoms with E-state index in [1.165, 1.54) is 12.5 Å². The van der Waals surface area contributed by atoms with Crippen LogP contribution in [0.5, 0.6) is 0 Å². The zero-order chi connectivity index (χ0) is 19.1. The molecule has 0 spiro atoms. The van der Waals surface area contributed by atoms with E-state index in [2.05, 4.69) is 13.8 Å². The number of carbonyl (C=O) groups is 2. The Hall–Kier alpha value is -2.62. The number of carbonyl (C=O) groups excluding carboxylic acids is 2. The predicted molar refractivity (Wildman–Crippen MR) is 106 cm³/mol. The second-order valence-electron chi connectivity index (χ2n) is 6.74. The quantitative estimate of drug-likeness (QED) is 0.749. The maximum atomic E-state index is 12.8. The topological polar surface area (TPSA) is 40.6 Å². The van der Waals surface area contributed by atoms with Gasteiger partial charge in [-0.15, -0.1) is 0 Å². The van der Waals surface area contributed by atoms with Crippen molar-refractivity contribution in [1.29, 1.82) is 0 Å². The molecule has 0 bridgehead atoms. The lowest BCUT2D eigenvalue weighted by Gasteiger charge is -2.26. The molecule has 2 aromatic carbocycles. The molecule has 0 N–H and O–H groups in total. The van der Waals surface area contributed by atoms with Crippen molar-refractivity contribution in [2.45, 2.75) is 40.2 Å². The van der Waals surface area contributed by atoms with E-state index in [1.54, 1.807) is 9.80 Å². The van der Waals surface area contributed by atoms with Gasteiger partial charge in [-0.2, -0.15) is 0 Å². The van der Waals surface area contributed by atoms with Crippen LogP contribution in [0, 0.1) is 0 Å². The maximum Gasteiger partial charge on any atom is 0.242 e. The molecule has 0 fully saturated rings. The number of benzene rings is 2. The molecule has 0 unspecified atom stereocenters. The van der Waals surface area contributed by atoms with Gasteiger partial charge in [0.25, 0.3) is 0 Å². The van der Waals surface area contributed by atoms with Gasteiger partial charge >= 0.3 is 0 Å². The molecule has 4 heteroatoms. The molecule has 4 nitrogen and oxygen atoms in total. The molecular formula is C22H28N2O2. The van der Waals surface area contributed by atoms with Crippen LogP contribution < -0.4 is 4.90 Å². The van der Waals surface area contributed by atoms with Gasteiger partial charge in [-0.3, -0.25) is 9.59 Å². The van der Waals surface area contributed by atoms with E-state index in [0.29, 0.717) is 19.0 Å². The van der Waals surface area contributed by atoms with Crippen LogP contribution in [0.1, 0.15) is 44.7 Å². The second-order valence-corrected chi connectivity index (χ2v) is 6.74. The highest BCUT2D eigenvalue weighted by Crippen LogP contribution is 2.20. The van der Waals surface area contributed by atoms with Gasteiger partial charge in [0.2, 0.25) is 11.8 Å². The third-order valence-electron chi connectivity index (χ3n) is 4.50. The Labute approximate surface area is 156 Å². The van der Waals surface area contributed by atoms with Crippen LogP contribution in [0.4, 0.5) is 5.69 Å². The lowest BCUT2D eigenvalue weighted by molar-refractivity contribution is -0.131. The normalized spacial score (nSPS) is 10.7. The third-order valence-corrected chi connectivity index (χ3v) is 4.50. The van der Waals surface area contributed by atoms with E-state index in [0.717, 1.165) is 11.3 Å². The van der Waals surface area contributed by atoms with Crippen LogP contribution in [0.15, 0.2) is 54.6 Å². The Morgan fingerprint density at radius 2 is 1.58 bits per heavy atom. The summed E-state index contributed by atoms with van der Waals surface area (Å²) in [5, 5.41) is 0. The molecule has 0 radical (unpaired) electrons. The van der Waals surface area contributed by atoms with Crippen LogP contribution in [0.25, 0.3) is 0 Å². The predicted octanol–water partition coefficient (Wildman–Crippen LogP) is 4.21. The zero-order valence-corrected chi connectivity index (χ0v) is 16.1. The number of hydrogen-bond acceptors (Lipinski definition) is 2. The van der Waals surface area contributed by atoms with Gasteiger partial charge in [0.1, 0.15) is 6.54 Å². The largest absolute Gasteiger partial charge is 0.337 e. The SMILES string of the molecule is CCN(Cc1ccccc1)C(=O)CN(C(C)=O)c1ccc(C(C)C)cc1. The molecular weight excluding hydrogens is 324 g/mol. The summed E-state index contributed by atoms with van der Waals surface area (Å²) in [6.07, 6.45) is 0. The third kappa shape index (κ3) is 5.19. The highest BCUT2D eigenvalue weighted by atomic mass is 16.2. The van der Waals surface area contributed by atoms with Crippen molar-refractivity contribution in [1.82, 2.24) is 4.90 Å². The maximum absolute atomic E-state index is 12.8. The average Bonchev–Trinajstić information content (AvgIpc) is 2.64. The van der Waals surface area contributed by atoms with E-state index in [4.69, 9.17) is 0 Å². The fraction of sp³-hybridized carbons (Fsp3) is 0.364. The molecule has 0 aliphatic carbocycles. The molecule has 2 aromatic rings. The summed E-state index contributed by atoms with van der Waals surface area (Å²) in [5.41, 5.74) is 3.05. The first-order valence-corrected chi connectivity index (χ1v) is 9.12. The fourth-order valence-electron chi connectivity index (χ4n) is 2.84. The lowest BCUT2D eigenvalue weighted by Crippen LogP contribution is -2.42. The number of nitrogens with zero attached hydrogens (tertiary/aromatic N) is 2. The number of amides is 2. The highest BCUT2D eigenvalue weighted by Gasteiger charge is 2.20. The zero-order valence-electron chi connectivity index (χ0n) is 16.1. The summed E-state index contributed by atoms with van der Waals surface area (Å²) < 4.78 is 0. The Morgan fingerprint density at radius 3 is 2.08 bits per heavy atom. The monoisotopic (exact) mass is 352 g/mol. The summed E-state index contributed by atoms with van der Waals surface area (Å²) in [7, 11) is 0. The van der Waals surface area contributed by atoms with Crippen molar-refractivity contribution >= 4 is 17.5 Å². The number of anilines is 1. The van der Waals surface area contributed by atoms with Gasteiger partial charge in [0.05, 0.1) is 0 Å². The molecule has 0 saturated carbocycles. The number of likely N-dealkylation sites (N-methyl/N-ethyl adjacent to an activating group) is 1. The minimum absolute atomic E-state index is 0.0526. The Kier molecular flexibility index (Phi) is 6.96.